The molecule has 0 aromatic carbocycles. The van der Waals surface area contributed by atoms with E-state index in [4.69, 9.17) is 14.2 Å². The zero-order chi connectivity index (χ0) is 46.3. The summed E-state index contributed by atoms with van der Waals surface area (Å²) in [5.41, 5.74) is 0. The topological polar surface area (TPSA) is 61.8 Å². The molecule has 0 aromatic rings. The van der Waals surface area contributed by atoms with Gasteiger partial charge in [0.1, 0.15) is 6.61 Å². The predicted octanol–water partition coefficient (Wildman–Crippen LogP) is 18.7. The van der Waals surface area contributed by atoms with Crippen molar-refractivity contribution in [2.75, 3.05) is 19.8 Å². The Kier molecular flexibility index (Phi) is 52.4. The fourth-order valence-electron chi connectivity index (χ4n) is 7.65. The number of unbranched alkanes of at least 4 members (excludes halogenated alkanes) is 27. The second-order valence-corrected chi connectivity index (χ2v) is 18.1. The lowest BCUT2D eigenvalue weighted by atomic mass is 10.0. The lowest BCUT2D eigenvalue weighted by Gasteiger charge is -2.18. The smallest absolute Gasteiger partial charge is 0.306 e. The van der Waals surface area contributed by atoms with Gasteiger partial charge in [0.2, 0.25) is 0 Å². The molecule has 0 saturated heterocycles. The van der Waals surface area contributed by atoms with Crippen LogP contribution in [0, 0.1) is 0 Å². The molecule has 5 heteroatoms. The minimum atomic E-state index is -0.549. The Hall–Kier alpha value is -2.66. The maximum absolute atomic E-state index is 12.8. The molecule has 0 radical (unpaired) electrons. The van der Waals surface area contributed by atoms with Crippen LogP contribution in [-0.2, 0) is 23.8 Å². The average molecular weight is 893 g/mol. The molecular weight excluding hydrogens is 789 g/mol. The number of esters is 2. The summed E-state index contributed by atoms with van der Waals surface area (Å²) in [7, 11) is 0. The molecule has 1 unspecified atom stereocenters. The number of allylic oxidation sites excluding steroid dienone is 12. The molecule has 0 heterocycles. The Bertz CT molecular complexity index is 1150. The molecule has 0 aliphatic rings. The maximum Gasteiger partial charge on any atom is 0.306 e. The van der Waals surface area contributed by atoms with Gasteiger partial charge >= 0.3 is 11.9 Å². The van der Waals surface area contributed by atoms with Gasteiger partial charge < -0.3 is 14.2 Å². The zero-order valence-electron chi connectivity index (χ0n) is 42.5. The molecule has 0 aliphatic carbocycles. The van der Waals surface area contributed by atoms with Gasteiger partial charge in [0.15, 0.2) is 6.10 Å². The van der Waals surface area contributed by atoms with E-state index in [1.54, 1.807) is 0 Å². The van der Waals surface area contributed by atoms with Gasteiger partial charge in [-0.25, -0.2) is 0 Å². The van der Waals surface area contributed by atoms with E-state index in [9.17, 15) is 9.59 Å². The van der Waals surface area contributed by atoms with Crippen molar-refractivity contribution in [3.05, 3.63) is 72.9 Å². The number of carbonyl (C=O) groups excluding carboxylic acids is 2. The molecule has 0 amide bonds. The number of hydrogen-bond donors (Lipinski definition) is 0. The standard InChI is InChI=1S/C59H104O5/c1-4-7-10-13-16-19-22-25-27-28-29-30-31-33-36-39-42-45-48-51-54-62-55-57(64-59(61)53-50-47-44-41-38-34-24-21-18-15-12-9-6-3)56-63-58(60)52-49-46-43-40-37-35-32-26-23-20-17-14-11-8-5-2/h8,11,16-17,19-20,25-27,29-30,32,57H,4-7,9-10,12-15,18,21-24,28,31,33-56H2,1-3H3/b11-8-,19-16-,20-17-,27-25-,30-29-,32-26-. The van der Waals surface area contributed by atoms with E-state index in [1.807, 2.05) is 0 Å². The molecule has 1 atom stereocenters. The lowest BCUT2D eigenvalue weighted by molar-refractivity contribution is -0.163. The fourth-order valence-corrected chi connectivity index (χ4v) is 7.65. The normalized spacial score (nSPS) is 12.7. The third-order valence-corrected chi connectivity index (χ3v) is 11.7. The molecule has 0 spiro atoms. The van der Waals surface area contributed by atoms with Gasteiger partial charge in [-0.15, -0.1) is 0 Å². The lowest BCUT2D eigenvalue weighted by Crippen LogP contribution is -2.30. The second kappa shape index (κ2) is 54.7. The van der Waals surface area contributed by atoms with Crippen LogP contribution in [-0.4, -0.2) is 37.9 Å². The van der Waals surface area contributed by atoms with Crippen molar-refractivity contribution in [3.63, 3.8) is 0 Å². The molecule has 0 rings (SSSR count). The van der Waals surface area contributed by atoms with Crippen LogP contribution in [0.15, 0.2) is 72.9 Å². The Morgan fingerprint density at radius 2 is 0.703 bits per heavy atom. The first-order chi connectivity index (χ1) is 31.6. The molecule has 0 saturated carbocycles. The molecule has 0 N–H and O–H groups in total. The minimum Gasteiger partial charge on any atom is -0.462 e. The largest absolute Gasteiger partial charge is 0.462 e. The van der Waals surface area contributed by atoms with Gasteiger partial charge in [-0.2, -0.15) is 0 Å². The molecular formula is C59H104O5. The third-order valence-electron chi connectivity index (χ3n) is 11.7. The summed E-state index contributed by atoms with van der Waals surface area (Å²) in [6.45, 7) is 7.67. The van der Waals surface area contributed by atoms with Crippen LogP contribution < -0.4 is 0 Å². The average Bonchev–Trinajstić information content (AvgIpc) is 3.30. The summed E-state index contributed by atoms with van der Waals surface area (Å²) >= 11 is 0. The van der Waals surface area contributed by atoms with E-state index in [-0.39, 0.29) is 25.2 Å². The van der Waals surface area contributed by atoms with Crippen LogP contribution in [0.2, 0.25) is 0 Å². The third kappa shape index (κ3) is 52.0. The van der Waals surface area contributed by atoms with Crippen LogP contribution in [0.4, 0.5) is 0 Å². The highest BCUT2D eigenvalue weighted by molar-refractivity contribution is 5.70. The summed E-state index contributed by atoms with van der Waals surface area (Å²) in [6, 6.07) is 0. The van der Waals surface area contributed by atoms with Crippen LogP contribution >= 0.6 is 0 Å². The van der Waals surface area contributed by atoms with Gasteiger partial charge in [0.25, 0.3) is 0 Å². The van der Waals surface area contributed by atoms with Crippen LogP contribution in [0.3, 0.4) is 0 Å². The van der Waals surface area contributed by atoms with Crippen molar-refractivity contribution >= 4 is 11.9 Å². The van der Waals surface area contributed by atoms with E-state index in [2.05, 4.69) is 93.7 Å². The first-order valence-corrected chi connectivity index (χ1v) is 27.5. The van der Waals surface area contributed by atoms with Gasteiger partial charge in [0.05, 0.1) is 6.61 Å². The van der Waals surface area contributed by atoms with Crippen molar-refractivity contribution in [1.29, 1.82) is 0 Å². The van der Waals surface area contributed by atoms with Gasteiger partial charge in [0, 0.05) is 19.4 Å². The minimum absolute atomic E-state index is 0.0723. The predicted molar refractivity (Wildman–Crippen MR) is 279 cm³/mol. The van der Waals surface area contributed by atoms with Crippen LogP contribution in [0.1, 0.15) is 265 Å². The summed E-state index contributed by atoms with van der Waals surface area (Å²) < 4.78 is 17.4. The molecule has 0 aliphatic heterocycles. The first kappa shape index (κ1) is 61.3. The van der Waals surface area contributed by atoms with Crippen molar-refractivity contribution in [2.45, 2.75) is 271 Å². The maximum atomic E-state index is 12.8. The van der Waals surface area contributed by atoms with E-state index >= 15 is 0 Å². The molecule has 0 aromatic heterocycles. The van der Waals surface area contributed by atoms with Crippen molar-refractivity contribution in [3.8, 4) is 0 Å². The monoisotopic (exact) mass is 893 g/mol. The summed E-state index contributed by atoms with van der Waals surface area (Å²) in [5.74, 6) is -0.415. The SMILES string of the molecule is CC/C=C\C/C=C\C/C=C\CCCCCCCC(=O)OCC(COCCCCCCCCC/C=C\C/C=C\C/C=C\CCCCC)OC(=O)CCCCCCCCCCCCCCC. The Morgan fingerprint density at radius 3 is 1.16 bits per heavy atom. The summed E-state index contributed by atoms with van der Waals surface area (Å²) in [4.78, 5) is 25.4. The quantitative estimate of drug-likeness (QED) is 0.0346. The highest BCUT2D eigenvalue weighted by Gasteiger charge is 2.17. The number of ether oxygens (including phenoxy) is 3. The molecule has 370 valence electrons. The van der Waals surface area contributed by atoms with Crippen LogP contribution in [0.5, 0.6) is 0 Å². The second-order valence-electron chi connectivity index (χ2n) is 18.1. The van der Waals surface area contributed by atoms with Crippen LogP contribution in [0.25, 0.3) is 0 Å². The number of hydrogen-bond acceptors (Lipinski definition) is 5. The number of rotatable bonds is 50. The zero-order valence-corrected chi connectivity index (χ0v) is 42.5. The molecule has 0 bridgehead atoms. The van der Waals surface area contributed by atoms with Crippen molar-refractivity contribution in [1.82, 2.24) is 0 Å². The molecule has 0 fully saturated rings. The van der Waals surface area contributed by atoms with E-state index < -0.39 is 6.10 Å². The van der Waals surface area contributed by atoms with Crippen molar-refractivity contribution < 1.29 is 23.8 Å². The highest BCUT2D eigenvalue weighted by Crippen LogP contribution is 2.15. The first-order valence-electron chi connectivity index (χ1n) is 27.5. The summed E-state index contributed by atoms with van der Waals surface area (Å²) in [6.07, 6.45) is 70.5. The van der Waals surface area contributed by atoms with Gasteiger partial charge in [-0.05, 0) is 89.9 Å². The molecule has 5 nitrogen and oxygen atoms in total. The Labute approximate surface area is 397 Å². The van der Waals surface area contributed by atoms with Gasteiger partial charge in [-0.3, -0.25) is 9.59 Å². The van der Waals surface area contributed by atoms with E-state index in [1.165, 1.54) is 148 Å². The Balaban J connectivity index is 4.28. The summed E-state index contributed by atoms with van der Waals surface area (Å²) in [5, 5.41) is 0. The van der Waals surface area contributed by atoms with E-state index in [0.717, 1.165) is 83.5 Å². The number of carbonyl (C=O) groups is 2. The van der Waals surface area contributed by atoms with Crippen molar-refractivity contribution in [2.24, 2.45) is 0 Å². The van der Waals surface area contributed by atoms with E-state index in [0.29, 0.717) is 19.4 Å². The molecule has 64 heavy (non-hydrogen) atoms. The fraction of sp³-hybridized carbons (Fsp3) is 0.763. The highest BCUT2D eigenvalue weighted by atomic mass is 16.6. The van der Waals surface area contributed by atoms with Gasteiger partial charge in [-0.1, -0.05) is 235 Å². The Morgan fingerprint density at radius 1 is 0.359 bits per heavy atom.